The Labute approximate surface area is 189 Å². The Kier molecular flexibility index (Phi) is 6.15. The molecule has 0 radical (unpaired) electrons. The average Bonchev–Trinajstić information content (AvgIpc) is 3.27. The maximum atomic E-state index is 13.6. The molecule has 32 heavy (non-hydrogen) atoms. The van der Waals surface area contributed by atoms with Gasteiger partial charge in [-0.25, -0.2) is 4.98 Å². The van der Waals surface area contributed by atoms with Crippen molar-refractivity contribution in [1.82, 2.24) is 29.9 Å². The normalized spacial score (nSPS) is 15.8. The number of aromatic nitrogens is 4. The number of aryl methyl sites for hydroxylation is 1. The molecule has 1 atom stereocenters. The predicted molar refractivity (Wildman–Crippen MR) is 122 cm³/mol. The van der Waals surface area contributed by atoms with Gasteiger partial charge in [0.1, 0.15) is 11.9 Å². The lowest BCUT2D eigenvalue weighted by Gasteiger charge is -2.28. The predicted octanol–water partition coefficient (Wildman–Crippen LogP) is 3.98. The SMILES string of the molecule is CCN1CCCn2c(-c3ccccc3)nc(C(=O)N[C@H](c3nc(C)no3)C(C)(C)C)c2C1. The summed E-state index contributed by atoms with van der Waals surface area (Å²) in [6.07, 6.45) is 1.02. The highest BCUT2D eigenvalue weighted by Gasteiger charge is 2.35. The Balaban J connectivity index is 1.75. The van der Waals surface area contributed by atoms with Gasteiger partial charge in [0.25, 0.3) is 5.91 Å². The lowest BCUT2D eigenvalue weighted by atomic mass is 9.86. The van der Waals surface area contributed by atoms with Crippen molar-refractivity contribution in [3.8, 4) is 11.4 Å². The molecular formula is C24H32N6O2. The van der Waals surface area contributed by atoms with E-state index in [0.29, 0.717) is 24.0 Å². The maximum absolute atomic E-state index is 13.6. The Morgan fingerprint density at radius 2 is 1.94 bits per heavy atom. The third-order valence-corrected chi connectivity index (χ3v) is 5.93. The summed E-state index contributed by atoms with van der Waals surface area (Å²) < 4.78 is 7.63. The molecule has 0 fully saturated rings. The number of hydrogen-bond donors (Lipinski definition) is 1. The highest BCUT2D eigenvalue weighted by molar-refractivity contribution is 5.94. The first kappa shape index (κ1) is 22.2. The molecule has 3 heterocycles. The zero-order valence-corrected chi connectivity index (χ0v) is 19.6. The van der Waals surface area contributed by atoms with Crippen LogP contribution in [0.4, 0.5) is 0 Å². The molecule has 0 saturated heterocycles. The van der Waals surface area contributed by atoms with Gasteiger partial charge in [-0.1, -0.05) is 63.2 Å². The van der Waals surface area contributed by atoms with E-state index < -0.39 is 6.04 Å². The number of nitrogens with zero attached hydrogens (tertiary/aromatic N) is 5. The topological polar surface area (TPSA) is 89.1 Å². The van der Waals surface area contributed by atoms with Gasteiger partial charge in [0.05, 0.1) is 5.69 Å². The molecule has 1 amide bonds. The highest BCUT2D eigenvalue weighted by Crippen LogP contribution is 2.33. The van der Waals surface area contributed by atoms with E-state index in [1.807, 2.05) is 51.1 Å². The van der Waals surface area contributed by atoms with Crippen LogP contribution in [-0.2, 0) is 13.1 Å². The van der Waals surface area contributed by atoms with Crippen LogP contribution < -0.4 is 5.32 Å². The van der Waals surface area contributed by atoms with E-state index in [9.17, 15) is 4.79 Å². The molecule has 4 rings (SSSR count). The number of nitrogens with one attached hydrogen (secondary N) is 1. The molecule has 0 spiro atoms. The van der Waals surface area contributed by atoms with Crippen molar-refractivity contribution >= 4 is 5.91 Å². The van der Waals surface area contributed by atoms with Crippen molar-refractivity contribution in [3.05, 3.63) is 53.4 Å². The Morgan fingerprint density at radius 3 is 2.56 bits per heavy atom. The summed E-state index contributed by atoms with van der Waals surface area (Å²) in [7, 11) is 0. The first-order chi connectivity index (χ1) is 15.3. The van der Waals surface area contributed by atoms with Crippen molar-refractivity contribution in [1.29, 1.82) is 0 Å². The molecule has 8 heteroatoms. The fourth-order valence-electron chi connectivity index (χ4n) is 4.17. The second-order valence-corrected chi connectivity index (χ2v) is 9.42. The standard InChI is InChI=1S/C24H32N6O2/c1-6-29-13-10-14-30-18(15-29)19(26-21(30)17-11-8-7-9-12-17)22(31)27-20(24(3,4)5)23-25-16(2)28-32-23/h7-9,11-12,20H,6,10,13-15H2,1-5H3,(H,27,31)/t20-/m1/s1. The minimum absolute atomic E-state index is 0.218. The van der Waals surface area contributed by atoms with Crippen molar-refractivity contribution in [2.24, 2.45) is 5.41 Å². The number of benzene rings is 1. The minimum Gasteiger partial charge on any atom is -0.338 e. The quantitative estimate of drug-likeness (QED) is 0.651. The number of carbonyl (C=O) groups is 1. The van der Waals surface area contributed by atoms with Crippen LogP contribution in [0.3, 0.4) is 0 Å². The lowest BCUT2D eigenvalue weighted by molar-refractivity contribution is 0.0874. The highest BCUT2D eigenvalue weighted by atomic mass is 16.5. The number of carbonyl (C=O) groups excluding carboxylic acids is 1. The Morgan fingerprint density at radius 1 is 1.19 bits per heavy atom. The summed E-state index contributed by atoms with van der Waals surface area (Å²) in [5.74, 6) is 1.57. The monoisotopic (exact) mass is 436 g/mol. The third-order valence-electron chi connectivity index (χ3n) is 5.93. The van der Waals surface area contributed by atoms with Crippen LogP contribution >= 0.6 is 0 Å². The molecule has 0 saturated carbocycles. The van der Waals surface area contributed by atoms with E-state index in [2.05, 4.69) is 31.8 Å². The van der Waals surface area contributed by atoms with Gasteiger partial charge < -0.3 is 14.4 Å². The fourth-order valence-corrected chi connectivity index (χ4v) is 4.17. The lowest BCUT2D eigenvalue weighted by Crippen LogP contribution is -2.37. The summed E-state index contributed by atoms with van der Waals surface area (Å²) in [4.78, 5) is 25.2. The number of imidazole rings is 1. The van der Waals surface area contributed by atoms with Crippen LogP contribution in [0, 0.1) is 12.3 Å². The van der Waals surface area contributed by atoms with Gasteiger partial charge in [-0.3, -0.25) is 9.69 Å². The summed E-state index contributed by atoms with van der Waals surface area (Å²) in [6, 6.07) is 9.64. The molecule has 170 valence electrons. The van der Waals surface area contributed by atoms with Gasteiger partial charge in [-0.15, -0.1) is 0 Å². The molecule has 1 aliphatic rings. The van der Waals surface area contributed by atoms with Crippen LogP contribution in [0.1, 0.15) is 68.1 Å². The van der Waals surface area contributed by atoms with Crippen molar-refractivity contribution in [2.45, 2.75) is 60.2 Å². The van der Waals surface area contributed by atoms with Gasteiger partial charge in [0.15, 0.2) is 11.5 Å². The zero-order chi connectivity index (χ0) is 22.9. The first-order valence-electron chi connectivity index (χ1n) is 11.3. The van der Waals surface area contributed by atoms with Crippen LogP contribution in [0.15, 0.2) is 34.9 Å². The van der Waals surface area contributed by atoms with Crippen LogP contribution in [-0.4, -0.2) is 43.6 Å². The van der Waals surface area contributed by atoms with Crippen LogP contribution in [0.25, 0.3) is 11.4 Å². The maximum Gasteiger partial charge on any atom is 0.272 e. The van der Waals surface area contributed by atoms with Crippen LogP contribution in [0.2, 0.25) is 0 Å². The van der Waals surface area contributed by atoms with Crippen molar-refractivity contribution in [2.75, 3.05) is 13.1 Å². The largest absolute Gasteiger partial charge is 0.338 e. The third kappa shape index (κ3) is 4.46. The summed E-state index contributed by atoms with van der Waals surface area (Å²) in [5, 5.41) is 7.06. The van der Waals surface area contributed by atoms with Gasteiger partial charge in [0, 0.05) is 25.2 Å². The number of rotatable bonds is 5. The zero-order valence-electron chi connectivity index (χ0n) is 19.6. The second kappa shape index (κ2) is 8.86. The van der Waals surface area contributed by atoms with Gasteiger partial charge in [-0.05, 0) is 25.3 Å². The molecule has 1 aromatic carbocycles. The summed E-state index contributed by atoms with van der Waals surface area (Å²) in [5.41, 5.74) is 2.12. The number of fused-ring (bicyclic) bond motifs is 1. The van der Waals surface area contributed by atoms with Gasteiger partial charge in [0.2, 0.25) is 5.89 Å². The fraction of sp³-hybridized carbons (Fsp3) is 0.500. The Hall–Kier alpha value is -3.00. The Bertz CT molecular complexity index is 1080. The van der Waals surface area contributed by atoms with Crippen LogP contribution in [0.5, 0.6) is 0 Å². The molecule has 0 unspecified atom stereocenters. The number of hydrogen-bond acceptors (Lipinski definition) is 6. The smallest absolute Gasteiger partial charge is 0.272 e. The molecule has 3 aromatic rings. The summed E-state index contributed by atoms with van der Waals surface area (Å²) >= 11 is 0. The van der Waals surface area contributed by atoms with E-state index in [1.165, 1.54) is 0 Å². The molecule has 8 nitrogen and oxygen atoms in total. The van der Waals surface area contributed by atoms with Gasteiger partial charge >= 0.3 is 0 Å². The molecule has 0 bridgehead atoms. The second-order valence-electron chi connectivity index (χ2n) is 9.42. The molecule has 1 aliphatic heterocycles. The molecular weight excluding hydrogens is 404 g/mol. The van der Waals surface area contributed by atoms with E-state index in [-0.39, 0.29) is 11.3 Å². The van der Waals surface area contributed by atoms with Gasteiger partial charge in [-0.2, -0.15) is 4.98 Å². The van der Waals surface area contributed by atoms with Crippen molar-refractivity contribution < 1.29 is 9.32 Å². The van der Waals surface area contributed by atoms with Crippen molar-refractivity contribution in [3.63, 3.8) is 0 Å². The van der Waals surface area contributed by atoms with E-state index in [4.69, 9.17) is 9.51 Å². The molecule has 0 aliphatic carbocycles. The molecule has 1 N–H and O–H groups in total. The molecule has 2 aromatic heterocycles. The van der Waals surface area contributed by atoms with E-state index in [0.717, 1.165) is 43.1 Å². The van der Waals surface area contributed by atoms with E-state index >= 15 is 0 Å². The average molecular weight is 437 g/mol. The minimum atomic E-state index is -0.429. The number of amides is 1. The summed E-state index contributed by atoms with van der Waals surface area (Å²) in [6.45, 7) is 13.5. The van der Waals surface area contributed by atoms with E-state index in [1.54, 1.807) is 6.92 Å². The first-order valence-corrected chi connectivity index (χ1v) is 11.3.